The van der Waals surface area contributed by atoms with Crippen LogP contribution < -0.4 is 44.2 Å². The van der Waals surface area contributed by atoms with E-state index >= 15 is 0 Å². The summed E-state index contributed by atoms with van der Waals surface area (Å²) in [6, 6.07) is 0. The summed E-state index contributed by atoms with van der Waals surface area (Å²) in [5, 5.41) is 0. The van der Waals surface area contributed by atoms with Gasteiger partial charge < -0.3 is 19.2 Å². The van der Waals surface area contributed by atoms with Crippen LogP contribution in [0, 0.1) is 0 Å². The Morgan fingerprint density at radius 2 is 1.14 bits per heavy atom. The molecule has 0 saturated carbocycles. The zero-order valence-corrected chi connectivity index (χ0v) is 7.71. The van der Waals surface area contributed by atoms with Crippen molar-refractivity contribution < 1.29 is 48.8 Å². The molecule has 0 spiro atoms. The first-order valence-electron chi connectivity index (χ1n) is 0.730. The third-order valence-corrected chi connectivity index (χ3v) is 0. The summed E-state index contributed by atoms with van der Waals surface area (Å²) < 4.78 is 8.55. The molecule has 7 heteroatoms. The Kier molecular flexibility index (Phi) is 13.1. The topological polar surface area (TPSA) is 86.2 Å². The molecule has 0 N–H and O–H groups in total. The minimum Gasteiger partial charge on any atom is -0.822 e. The Morgan fingerprint density at radius 3 is 1.14 bits per heavy atom. The van der Waals surface area contributed by atoms with Crippen molar-refractivity contribution in [1.29, 1.82) is 0 Å². The molecule has 0 aromatic rings. The van der Waals surface area contributed by atoms with Crippen molar-refractivity contribution in [2.75, 3.05) is 0 Å². The van der Waals surface area contributed by atoms with Crippen LogP contribution in [0.3, 0.4) is 0 Å². The van der Waals surface area contributed by atoms with Crippen molar-refractivity contribution in [1.82, 2.24) is 0 Å². The van der Waals surface area contributed by atoms with Gasteiger partial charge in [0, 0.05) is 0 Å². The largest absolute Gasteiger partial charge is 3.00 e. The summed E-state index contributed by atoms with van der Waals surface area (Å²) in [5.74, 6) is 0. The fourth-order valence-corrected chi connectivity index (χ4v) is 0. The predicted octanol–water partition coefficient (Wildman–Crippen LogP) is -6.20. The molecule has 7 heavy (non-hydrogen) atoms. The molecule has 0 atom stereocenters. The van der Waals surface area contributed by atoms with Gasteiger partial charge in [0.25, 0.3) is 0 Å². The van der Waals surface area contributed by atoms with Crippen LogP contribution in [0.25, 0.3) is 0 Å². The minimum absolute atomic E-state index is 0. The zero-order chi connectivity index (χ0) is 4.50. The number of hydrogen-bond acceptors (Lipinski definition) is 4. The Balaban J connectivity index is -0.0000000800. The fraction of sp³-hybridized carbons (Fsp3) is 0. The molecule has 4 nitrogen and oxygen atoms in total. The van der Waals surface area contributed by atoms with Crippen LogP contribution in [-0.2, 0) is 4.57 Å². The molecular formula is AlNaO4P+. The Labute approximate surface area is 73.6 Å². The van der Waals surface area contributed by atoms with Crippen molar-refractivity contribution in [3.63, 3.8) is 0 Å². The molecule has 0 aliphatic rings. The summed E-state index contributed by atoms with van der Waals surface area (Å²) in [5.41, 5.74) is 0. The van der Waals surface area contributed by atoms with E-state index in [2.05, 4.69) is 0 Å². The van der Waals surface area contributed by atoms with Crippen molar-refractivity contribution in [3.05, 3.63) is 0 Å². The van der Waals surface area contributed by atoms with Crippen molar-refractivity contribution >= 4 is 25.2 Å². The maximum absolute atomic E-state index is 8.55. The summed E-state index contributed by atoms with van der Waals surface area (Å²) in [4.78, 5) is 25.6. The van der Waals surface area contributed by atoms with Gasteiger partial charge in [0.1, 0.15) is 0 Å². The van der Waals surface area contributed by atoms with Gasteiger partial charge in [-0.25, -0.2) is 0 Å². The van der Waals surface area contributed by atoms with Crippen LogP contribution in [0.4, 0.5) is 0 Å². The quantitative estimate of drug-likeness (QED) is 0.250. The normalized spacial score (nSPS) is 8.43. The van der Waals surface area contributed by atoms with E-state index < -0.39 is 7.82 Å². The molecule has 0 aromatic heterocycles. The minimum atomic E-state index is -5.39. The average Bonchev–Trinajstić information content (AvgIpc) is 0.722. The monoisotopic (exact) mass is 145 g/mol. The van der Waals surface area contributed by atoms with E-state index in [-0.39, 0.29) is 46.9 Å². The summed E-state index contributed by atoms with van der Waals surface area (Å²) in [7, 11) is -5.39. The smallest absolute Gasteiger partial charge is 0.822 e. The average molecular weight is 145 g/mol. The van der Waals surface area contributed by atoms with Gasteiger partial charge in [-0.1, -0.05) is 0 Å². The second-order valence-electron chi connectivity index (χ2n) is 0.447. The van der Waals surface area contributed by atoms with Crippen LogP contribution >= 0.6 is 7.82 Å². The van der Waals surface area contributed by atoms with E-state index in [4.69, 9.17) is 19.2 Å². The summed E-state index contributed by atoms with van der Waals surface area (Å²) in [6.07, 6.45) is 0. The van der Waals surface area contributed by atoms with Crippen LogP contribution in [-0.4, -0.2) is 17.4 Å². The Hall–Kier alpha value is 1.64. The molecule has 0 aliphatic carbocycles. The van der Waals surface area contributed by atoms with Gasteiger partial charge in [0.05, 0.1) is 0 Å². The van der Waals surface area contributed by atoms with Crippen LogP contribution in [0.1, 0.15) is 0 Å². The first kappa shape index (κ1) is 15.9. The van der Waals surface area contributed by atoms with E-state index in [0.29, 0.717) is 0 Å². The van der Waals surface area contributed by atoms with Gasteiger partial charge in [-0.05, 0) is 0 Å². The third kappa shape index (κ3) is 90.2. The fourth-order valence-electron chi connectivity index (χ4n) is 0. The second kappa shape index (κ2) is 5.77. The molecule has 0 rings (SSSR count). The van der Waals surface area contributed by atoms with Gasteiger partial charge in [0.2, 0.25) is 0 Å². The number of rotatable bonds is 0. The number of phosphoric acid groups is 1. The van der Waals surface area contributed by atoms with E-state index in [9.17, 15) is 0 Å². The predicted molar refractivity (Wildman–Crippen MR) is 13.4 cm³/mol. The molecule has 0 heterocycles. The van der Waals surface area contributed by atoms with Crippen molar-refractivity contribution in [2.45, 2.75) is 0 Å². The first-order chi connectivity index (χ1) is 2.00. The molecule has 0 amide bonds. The molecule has 32 valence electrons. The van der Waals surface area contributed by atoms with Crippen molar-refractivity contribution in [3.8, 4) is 0 Å². The second-order valence-corrected chi connectivity index (χ2v) is 1.34. The number of hydrogen-bond donors (Lipinski definition) is 0. The molecule has 0 fully saturated rings. The summed E-state index contributed by atoms with van der Waals surface area (Å²) in [6.45, 7) is 0. The maximum Gasteiger partial charge on any atom is 3.00 e. The van der Waals surface area contributed by atoms with E-state index in [1.807, 2.05) is 0 Å². The van der Waals surface area contributed by atoms with Crippen LogP contribution in [0.2, 0.25) is 0 Å². The SMILES string of the molecule is O=P([O-])([O-])[O-].[Al+3].[Na+]. The van der Waals surface area contributed by atoms with Gasteiger partial charge in [-0.3, -0.25) is 0 Å². The van der Waals surface area contributed by atoms with E-state index in [1.54, 1.807) is 0 Å². The molecule has 0 bridgehead atoms. The van der Waals surface area contributed by atoms with E-state index in [1.165, 1.54) is 0 Å². The van der Waals surface area contributed by atoms with E-state index in [0.717, 1.165) is 0 Å². The van der Waals surface area contributed by atoms with Crippen LogP contribution in [0.15, 0.2) is 0 Å². The van der Waals surface area contributed by atoms with Gasteiger partial charge in [-0.2, -0.15) is 7.82 Å². The van der Waals surface area contributed by atoms with Crippen molar-refractivity contribution in [2.24, 2.45) is 0 Å². The molecule has 0 aliphatic heterocycles. The Morgan fingerprint density at radius 1 is 1.14 bits per heavy atom. The zero-order valence-electron chi connectivity index (χ0n) is 3.66. The molecule has 0 radical (unpaired) electrons. The molecule has 0 saturated heterocycles. The van der Waals surface area contributed by atoms with Gasteiger partial charge in [0.15, 0.2) is 0 Å². The Bertz CT molecular complexity index is 57.8. The maximum atomic E-state index is 8.55. The van der Waals surface area contributed by atoms with Crippen LogP contribution in [0.5, 0.6) is 0 Å². The molecular weight excluding hydrogens is 145 g/mol. The standard InChI is InChI=1S/Al.Na.H3O4P/c;;1-5(2,3)4/h;;(H3,1,2,3,4)/q+3;+1;/p-3. The molecule has 0 aromatic carbocycles. The van der Waals surface area contributed by atoms with Gasteiger partial charge >= 0.3 is 46.9 Å². The molecule has 0 unspecified atom stereocenters. The van der Waals surface area contributed by atoms with Gasteiger partial charge in [-0.15, -0.1) is 0 Å². The third-order valence-electron chi connectivity index (χ3n) is 0. The first-order valence-corrected chi connectivity index (χ1v) is 2.19. The summed E-state index contributed by atoms with van der Waals surface area (Å²) >= 11 is 0.